The lowest BCUT2D eigenvalue weighted by Crippen LogP contribution is -2.43. The van der Waals surface area contributed by atoms with Crippen LogP contribution in [0, 0.1) is 0 Å². The second kappa shape index (κ2) is 7.04. The van der Waals surface area contributed by atoms with Gasteiger partial charge in [0.2, 0.25) is 0 Å². The van der Waals surface area contributed by atoms with Gasteiger partial charge in [-0.15, -0.1) is 0 Å². The molecular weight excluding hydrogens is 414 g/mol. The van der Waals surface area contributed by atoms with Crippen LogP contribution in [-0.4, -0.2) is 48.0 Å². The zero-order chi connectivity index (χ0) is 14.8. The molecule has 1 aliphatic rings. The highest BCUT2D eigenvalue weighted by Gasteiger charge is 2.18. The largest absolute Gasteiger partial charge is 0.357 e. The third-order valence-electron chi connectivity index (χ3n) is 4.13. The number of likely N-dealkylation sites (N-methyl/N-ethyl adjacent to an activating group) is 1. The molecule has 0 saturated carbocycles. The molecular formula is C15H19Br2N3S. The second-order valence-corrected chi connectivity index (χ2v) is 8.40. The highest BCUT2D eigenvalue weighted by molar-refractivity contribution is 9.50. The van der Waals surface area contributed by atoms with E-state index in [1.54, 1.807) is 10.2 Å². The molecule has 0 unspecified atom stereocenters. The number of H-pyrrole nitrogens is 1. The van der Waals surface area contributed by atoms with Gasteiger partial charge in [-0.2, -0.15) is 0 Å². The summed E-state index contributed by atoms with van der Waals surface area (Å²) in [5.74, 6) is 0.968. The Balaban J connectivity index is 1.91. The summed E-state index contributed by atoms with van der Waals surface area (Å²) >= 11 is 7.09. The fourth-order valence-electron chi connectivity index (χ4n) is 2.86. The van der Waals surface area contributed by atoms with E-state index in [2.05, 4.69) is 70.8 Å². The molecule has 0 atom stereocenters. The average molecular weight is 433 g/mol. The maximum atomic E-state index is 3.60. The minimum absolute atomic E-state index is 0.968. The summed E-state index contributed by atoms with van der Waals surface area (Å²) in [6.45, 7) is 5.66. The first-order chi connectivity index (χ1) is 10.2. The van der Waals surface area contributed by atoms with E-state index in [-0.39, 0.29) is 0 Å². The summed E-state index contributed by atoms with van der Waals surface area (Å²) in [5.41, 5.74) is 4.02. The summed E-state index contributed by atoms with van der Waals surface area (Å²) in [5, 5.41) is 1.35. The van der Waals surface area contributed by atoms with Gasteiger partial charge in [-0.1, -0.05) is 26.1 Å². The lowest BCUT2D eigenvalue weighted by Gasteiger charge is -2.32. The Morgan fingerprint density at radius 2 is 2.00 bits per heavy atom. The standard InChI is InChI=1S/C15H19Br2N3S/c1-19-4-6-20(7-5-19)9-13-12-8-11(16)2-3-14(12)18-15(13)10-21-17/h2-3,8,18H,4-7,9-10H2,1H3. The second-order valence-electron chi connectivity index (χ2n) is 5.60. The van der Waals surface area contributed by atoms with Crippen LogP contribution < -0.4 is 0 Å². The molecule has 1 saturated heterocycles. The van der Waals surface area contributed by atoms with Crippen molar-refractivity contribution in [1.82, 2.24) is 14.8 Å². The van der Waals surface area contributed by atoms with Crippen molar-refractivity contribution >= 4 is 51.8 Å². The van der Waals surface area contributed by atoms with E-state index in [0.29, 0.717) is 0 Å². The molecule has 3 nitrogen and oxygen atoms in total. The monoisotopic (exact) mass is 431 g/mol. The van der Waals surface area contributed by atoms with Gasteiger partial charge >= 0.3 is 0 Å². The van der Waals surface area contributed by atoms with Crippen molar-refractivity contribution in [2.24, 2.45) is 0 Å². The Kier molecular flexibility index (Phi) is 5.32. The lowest BCUT2D eigenvalue weighted by molar-refractivity contribution is 0.148. The number of halogens is 2. The number of rotatable bonds is 4. The van der Waals surface area contributed by atoms with Crippen molar-refractivity contribution in [3.8, 4) is 0 Å². The number of nitrogens with zero attached hydrogens (tertiary/aromatic N) is 2. The quantitative estimate of drug-likeness (QED) is 0.781. The van der Waals surface area contributed by atoms with Crippen LogP contribution in [0.4, 0.5) is 0 Å². The molecule has 0 radical (unpaired) electrons. The van der Waals surface area contributed by atoms with E-state index in [1.807, 2.05) is 0 Å². The van der Waals surface area contributed by atoms with E-state index >= 15 is 0 Å². The van der Waals surface area contributed by atoms with E-state index in [0.717, 1.165) is 42.9 Å². The number of piperazine rings is 1. The van der Waals surface area contributed by atoms with Crippen LogP contribution >= 0.6 is 40.9 Å². The van der Waals surface area contributed by atoms with E-state index in [9.17, 15) is 0 Å². The molecule has 0 bridgehead atoms. The SMILES string of the molecule is CN1CCN(Cc2c(CSBr)[nH]c3ccc(Br)cc23)CC1. The Bertz CT molecular complexity index is 621. The summed E-state index contributed by atoms with van der Waals surface area (Å²) < 4.78 is 1.15. The van der Waals surface area contributed by atoms with Gasteiger partial charge in [0.25, 0.3) is 0 Å². The van der Waals surface area contributed by atoms with Crippen LogP contribution in [0.5, 0.6) is 0 Å². The van der Waals surface area contributed by atoms with Crippen molar-refractivity contribution in [3.05, 3.63) is 33.9 Å². The molecule has 3 rings (SSSR count). The van der Waals surface area contributed by atoms with Gasteiger partial charge in [-0.3, -0.25) is 4.90 Å². The third-order valence-corrected chi connectivity index (χ3v) is 5.71. The van der Waals surface area contributed by atoms with Crippen LogP contribution in [0.1, 0.15) is 11.3 Å². The number of aromatic amines is 1. The van der Waals surface area contributed by atoms with Gasteiger partial charge < -0.3 is 9.88 Å². The van der Waals surface area contributed by atoms with Crippen LogP contribution in [0.15, 0.2) is 22.7 Å². The zero-order valence-corrected chi connectivity index (χ0v) is 16.0. The van der Waals surface area contributed by atoms with Gasteiger partial charge in [0.15, 0.2) is 0 Å². The van der Waals surface area contributed by atoms with Crippen molar-refractivity contribution in [3.63, 3.8) is 0 Å². The fraction of sp³-hybridized carbons (Fsp3) is 0.467. The first-order valence-electron chi connectivity index (χ1n) is 7.11. The predicted octanol–water partition coefficient (Wildman–Crippen LogP) is 4.22. The summed E-state index contributed by atoms with van der Waals surface area (Å²) in [4.78, 5) is 8.54. The summed E-state index contributed by atoms with van der Waals surface area (Å²) in [6.07, 6.45) is 0. The fourth-order valence-corrected chi connectivity index (χ4v) is 4.27. The first kappa shape index (κ1) is 15.9. The van der Waals surface area contributed by atoms with E-state index in [4.69, 9.17) is 0 Å². The molecule has 1 aromatic carbocycles. The van der Waals surface area contributed by atoms with Crippen LogP contribution in [-0.2, 0) is 12.3 Å². The van der Waals surface area contributed by atoms with Crippen LogP contribution in [0.25, 0.3) is 10.9 Å². The third kappa shape index (κ3) is 3.67. The Labute approximate surface area is 145 Å². The Morgan fingerprint density at radius 1 is 1.24 bits per heavy atom. The highest BCUT2D eigenvalue weighted by Crippen LogP contribution is 2.30. The maximum absolute atomic E-state index is 3.60. The van der Waals surface area contributed by atoms with Gasteiger partial charge in [0.05, 0.1) is 0 Å². The maximum Gasteiger partial charge on any atom is 0.0460 e. The molecule has 6 heteroatoms. The zero-order valence-electron chi connectivity index (χ0n) is 12.0. The van der Waals surface area contributed by atoms with Crippen molar-refractivity contribution in [2.75, 3.05) is 33.2 Å². The Morgan fingerprint density at radius 3 is 2.71 bits per heavy atom. The normalized spacial score (nSPS) is 17.7. The average Bonchev–Trinajstić information content (AvgIpc) is 2.79. The number of benzene rings is 1. The number of hydrogen-bond acceptors (Lipinski definition) is 3. The molecule has 1 N–H and O–H groups in total. The van der Waals surface area contributed by atoms with E-state index in [1.165, 1.54) is 22.2 Å². The molecule has 114 valence electrons. The molecule has 1 aliphatic heterocycles. The lowest BCUT2D eigenvalue weighted by atomic mass is 10.1. The minimum atomic E-state index is 0.968. The number of aromatic nitrogens is 1. The van der Waals surface area contributed by atoms with Crippen molar-refractivity contribution in [1.29, 1.82) is 0 Å². The molecule has 1 aromatic heterocycles. The molecule has 1 fully saturated rings. The molecule has 0 spiro atoms. The van der Waals surface area contributed by atoms with Gasteiger partial charge in [-0.05, 0) is 45.6 Å². The number of hydrogen-bond donors (Lipinski definition) is 1. The van der Waals surface area contributed by atoms with Crippen molar-refractivity contribution in [2.45, 2.75) is 12.3 Å². The van der Waals surface area contributed by atoms with Gasteiger partial charge in [-0.25, -0.2) is 0 Å². The number of nitrogens with one attached hydrogen (secondary N) is 1. The van der Waals surface area contributed by atoms with E-state index < -0.39 is 0 Å². The van der Waals surface area contributed by atoms with Crippen LogP contribution in [0.2, 0.25) is 0 Å². The van der Waals surface area contributed by atoms with Crippen molar-refractivity contribution < 1.29 is 0 Å². The molecule has 2 heterocycles. The molecule has 21 heavy (non-hydrogen) atoms. The summed E-state index contributed by atoms with van der Waals surface area (Å²) in [7, 11) is 3.89. The Hall–Kier alpha value is -0.0100. The summed E-state index contributed by atoms with van der Waals surface area (Å²) in [6, 6.07) is 6.50. The molecule has 0 aliphatic carbocycles. The van der Waals surface area contributed by atoms with Crippen LogP contribution in [0.3, 0.4) is 0 Å². The molecule has 0 amide bonds. The topological polar surface area (TPSA) is 22.3 Å². The smallest absolute Gasteiger partial charge is 0.0460 e. The van der Waals surface area contributed by atoms with Gasteiger partial charge in [0, 0.05) is 59.5 Å². The predicted molar refractivity (Wildman–Crippen MR) is 99.0 cm³/mol. The number of fused-ring (bicyclic) bond motifs is 1. The van der Waals surface area contributed by atoms with Gasteiger partial charge in [0.1, 0.15) is 0 Å². The first-order valence-corrected chi connectivity index (χ1v) is 10.7. The minimum Gasteiger partial charge on any atom is -0.357 e. The highest BCUT2D eigenvalue weighted by atomic mass is 79.9. The molecule has 2 aromatic rings.